The van der Waals surface area contributed by atoms with Crippen LogP contribution in [0.4, 0.5) is 0 Å². The van der Waals surface area contributed by atoms with Gasteiger partial charge in [-0.1, -0.05) is 31.2 Å². The highest BCUT2D eigenvalue weighted by atomic mass is 16.5. The number of likely N-dealkylation sites (N-methyl/N-ethyl adjacent to an activating group) is 1. The van der Waals surface area contributed by atoms with E-state index in [9.17, 15) is 0 Å². The topological polar surface area (TPSA) is 40.1 Å². The average molecular weight is 318 g/mol. The fraction of sp³-hybridized carbons (Fsp3) is 0.611. The molecule has 1 heterocycles. The molecule has 0 aliphatic carbocycles. The number of hydrogen-bond donors (Lipinski definition) is 1. The molecular weight excluding hydrogens is 288 g/mol. The molecule has 1 aliphatic rings. The van der Waals surface area contributed by atoms with Crippen molar-refractivity contribution >= 4 is 5.96 Å². The predicted molar refractivity (Wildman–Crippen MR) is 96.0 cm³/mol. The van der Waals surface area contributed by atoms with Crippen LogP contribution < -0.4 is 5.32 Å². The van der Waals surface area contributed by atoms with E-state index in [1.165, 1.54) is 11.1 Å². The van der Waals surface area contributed by atoms with E-state index < -0.39 is 0 Å². The summed E-state index contributed by atoms with van der Waals surface area (Å²) >= 11 is 0. The number of rotatable bonds is 5. The predicted octanol–water partition coefficient (Wildman–Crippen LogP) is 1.90. The van der Waals surface area contributed by atoms with Gasteiger partial charge in [0.1, 0.15) is 6.10 Å². The zero-order chi connectivity index (χ0) is 16.7. The number of aryl methyl sites for hydroxylation is 1. The lowest BCUT2D eigenvalue weighted by molar-refractivity contribution is -0.00832. The van der Waals surface area contributed by atoms with Gasteiger partial charge in [0.05, 0.1) is 13.2 Å². The Morgan fingerprint density at radius 3 is 2.91 bits per heavy atom. The summed E-state index contributed by atoms with van der Waals surface area (Å²) in [4.78, 5) is 9.03. The molecule has 0 saturated carbocycles. The van der Waals surface area contributed by atoms with Gasteiger partial charge in [0.2, 0.25) is 0 Å². The first-order chi connectivity index (χ1) is 11.2. The summed E-state index contributed by atoms with van der Waals surface area (Å²) in [6.45, 7) is 9.75. The van der Waals surface area contributed by atoms with E-state index in [2.05, 4.69) is 65.3 Å². The fourth-order valence-electron chi connectivity index (χ4n) is 2.83. The highest BCUT2D eigenvalue weighted by molar-refractivity contribution is 5.80. The zero-order valence-electron chi connectivity index (χ0n) is 14.9. The second-order valence-corrected chi connectivity index (χ2v) is 6.03. The molecular formula is C18H30N4O. The first-order valence-electron chi connectivity index (χ1n) is 8.47. The molecule has 1 atom stereocenters. The van der Waals surface area contributed by atoms with E-state index in [1.807, 2.05) is 7.05 Å². The maximum Gasteiger partial charge on any atom is 0.193 e. The molecule has 0 radical (unpaired) electrons. The normalized spacial score (nSPS) is 19.3. The molecule has 0 aromatic heterocycles. The first-order valence-corrected chi connectivity index (χ1v) is 8.47. The van der Waals surface area contributed by atoms with Crippen molar-refractivity contribution in [1.29, 1.82) is 0 Å². The van der Waals surface area contributed by atoms with Crippen LogP contribution >= 0.6 is 0 Å². The lowest BCUT2D eigenvalue weighted by atomic mass is 10.0. The van der Waals surface area contributed by atoms with Gasteiger partial charge in [-0.2, -0.15) is 0 Å². The average Bonchev–Trinajstić information content (AvgIpc) is 2.59. The maximum atomic E-state index is 6.00. The molecule has 0 bridgehead atoms. The smallest absolute Gasteiger partial charge is 0.193 e. The molecule has 0 spiro atoms. The lowest BCUT2D eigenvalue weighted by Crippen LogP contribution is -2.49. The van der Waals surface area contributed by atoms with E-state index in [0.29, 0.717) is 0 Å². The minimum absolute atomic E-state index is 0.113. The molecule has 1 unspecified atom stereocenters. The van der Waals surface area contributed by atoms with E-state index in [-0.39, 0.29) is 6.10 Å². The molecule has 1 saturated heterocycles. The Labute approximate surface area is 140 Å². The maximum absolute atomic E-state index is 6.00. The molecule has 5 nitrogen and oxygen atoms in total. The highest BCUT2D eigenvalue weighted by Crippen LogP contribution is 2.24. The highest BCUT2D eigenvalue weighted by Gasteiger charge is 2.24. The number of ether oxygens (including phenoxy) is 1. The van der Waals surface area contributed by atoms with Crippen molar-refractivity contribution in [3.05, 3.63) is 35.4 Å². The Hall–Kier alpha value is -1.59. The summed E-state index contributed by atoms with van der Waals surface area (Å²) in [5.74, 6) is 0.969. The van der Waals surface area contributed by atoms with Crippen LogP contribution in [0.1, 0.15) is 24.2 Å². The number of morpholine rings is 1. The van der Waals surface area contributed by atoms with Crippen molar-refractivity contribution in [3.8, 4) is 0 Å². The number of benzene rings is 1. The lowest BCUT2D eigenvalue weighted by Gasteiger charge is -2.36. The third-order valence-corrected chi connectivity index (χ3v) is 4.43. The van der Waals surface area contributed by atoms with Gasteiger partial charge in [-0.3, -0.25) is 4.99 Å². The quantitative estimate of drug-likeness (QED) is 0.665. The van der Waals surface area contributed by atoms with Crippen LogP contribution in [0.15, 0.2) is 29.3 Å². The van der Waals surface area contributed by atoms with E-state index in [4.69, 9.17) is 4.74 Å². The molecule has 128 valence electrons. The van der Waals surface area contributed by atoms with Gasteiger partial charge in [0.25, 0.3) is 0 Å². The van der Waals surface area contributed by atoms with Crippen LogP contribution in [0.3, 0.4) is 0 Å². The summed E-state index contributed by atoms with van der Waals surface area (Å²) in [6, 6.07) is 8.46. The van der Waals surface area contributed by atoms with Crippen LogP contribution in [0.25, 0.3) is 0 Å². The minimum atomic E-state index is 0.113. The Morgan fingerprint density at radius 1 is 1.43 bits per heavy atom. The molecule has 5 heteroatoms. The van der Waals surface area contributed by atoms with Gasteiger partial charge >= 0.3 is 0 Å². The van der Waals surface area contributed by atoms with Crippen LogP contribution in [-0.2, 0) is 4.74 Å². The van der Waals surface area contributed by atoms with Crippen molar-refractivity contribution in [2.45, 2.75) is 20.0 Å². The second kappa shape index (κ2) is 8.89. The first kappa shape index (κ1) is 17.8. The summed E-state index contributed by atoms with van der Waals surface area (Å²) in [6.07, 6.45) is 0.113. The van der Waals surface area contributed by atoms with Crippen LogP contribution in [0.2, 0.25) is 0 Å². The Bertz CT molecular complexity index is 517. The summed E-state index contributed by atoms with van der Waals surface area (Å²) in [7, 11) is 3.98. The van der Waals surface area contributed by atoms with Gasteiger partial charge in [-0.05, 0) is 31.6 Å². The van der Waals surface area contributed by atoms with Gasteiger partial charge in [-0.25, -0.2) is 0 Å². The van der Waals surface area contributed by atoms with Crippen LogP contribution in [0.5, 0.6) is 0 Å². The number of hydrogen-bond acceptors (Lipinski definition) is 3. The summed E-state index contributed by atoms with van der Waals surface area (Å²) in [5.41, 5.74) is 2.56. The number of guanidine groups is 1. The summed E-state index contributed by atoms with van der Waals surface area (Å²) in [5, 5.41) is 3.47. The van der Waals surface area contributed by atoms with Gasteiger partial charge < -0.3 is 19.9 Å². The second-order valence-electron chi connectivity index (χ2n) is 6.03. The summed E-state index contributed by atoms with van der Waals surface area (Å²) < 4.78 is 6.00. The number of nitrogens with zero attached hydrogens (tertiary/aromatic N) is 3. The molecule has 1 aromatic rings. The van der Waals surface area contributed by atoms with Crippen molar-refractivity contribution in [1.82, 2.24) is 15.1 Å². The molecule has 1 fully saturated rings. The third kappa shape index (κ3) is 4.94. The van der Waals surface area contributed by atoms with Gasteiger partial charge in [0, 0.05) is 26.7 Å². The van der Waals surface area contributed by atoms with Crippen molar-refractivity contribution in [3.63, 3.8) is 0 Å². The minimum Gasteiger partial charge on any atom is -0.370 e. The van der Waals surface area contributed by atoms with Crippen molar-refractivity contribution in [2.75, 3.05) is 53.4 Å². The fourth-order valence-corrected chi connectivity index (χ4v) is 2.83. The molecule has 1 aliphatic heterocycles. The third-order valence-electron chi connectivity index (χ3n) is 4.43. The Morgan fingerprint density at radius 2 is 2.22 bits per heavy atom. The SMILES string of the molecule is CCN(C)CCNC(=NC)N1CCOC(c2ccccc2C)C1. The van der Waals surface area contributed by atoms with E-state index >= 15 is 0 Å². The van der Waals surface area contributed by atoms with Crippen molar-refractivity contribution in [2.24, 2.45) is 4.99 Å². The number of aliphatic imine (C=N–C) groups is 1. The monoisotopic (exact) mass is 318 g/mol. The zero-order valence-corrected chi connectivity index (χ0v) is 14.9. The number of nitrogens with one attached hydrogen (secondary N) is 1. The molecule has 1 N–H and O–H groups in total. The van der Waals surface area contributed by atoms with Crippen molar-refractivity contribution < 1.29 is 4.74 Å². The largest absolute Gasteiger partial charge is 0.370 e. The molecule has 0 amide bonds. The molecule has 23 heavy (non-hydrogen) atoms. The van der Waals surface area contributed by atoms with Crippen LogP contribution in [-0.4, -0.2) is 69.2 Å². The van der Waals surface area contributed by atoms with Crippen LogP contribution in [0, 0.1) is 6.92 Å². The standard InChI is InChI=1S/C18H30N4O/c1-5-21(4)11-10-20-18(19-3)22-12-13-23-17(14-22)16-9-7-6-8-15(16)2/h6-9,17H,5,10-14H2,1-4H3,(H,19,20). The van der Waals surface area contributed by atoms with Gasteiger partial charge in [-0.15, -0.1) is 0 Å². The Balaban J connectivity index is 1.95. The van der Waals surface area contributed by atoms with Gasteiger partial charge in [0.15, 0.2) is 5.96 Å². The van der Waals surface area contributed by atoms with E-state index in [1.54, 1.807) is 0 Å². The van der Waals surface area contributed by atoms with E-state index in [0.717, 1.165) is 45.3 Å². The molecule has 1 aromatic carbocycles. The Kier molecular flexibility index (Phi) is 6.86. The molecule has 2 rings (SSSR count).